The Kier molecular flexibility index (Phi) is 5.16. The smallest absolute Gasteiger partial charge is 0.317 e. The van der Waals surface area contributed by atoms with Crippen LogP contribution < -0.4 is 5.32 Å². The zero-order valence-corrected chi connectivity index (χ0v) is 10.4. The van der Waals surface area contributed by atoms with Crippen LogP contribution in [0.15, 0.2) is 16.8 Å². The number of carbonyl (C=O) groups is 2. The largest absolute Gasteiger partial charge is 0.481 e. The van der Waals surface area contributed by atoms with E-state index >= 15 is 0 Å². The van der Waals surface area contributed by atoms with Gasteiger partial charge < -0.3 is 19.8 Å². The summed E-state index contributed by atoms with van der Waals surface area (Å²) in [5.74, 6) is -0.969. The lowest BCUT2D eigenvalue weighted by Crippen LogP contribution is -2.42. The first-order valence-electron chi connectivity index (χ1n) is 5.69. The second-order valence-electron chi connectivity index (χ2n) is 3.92. The number of carboxylic acids is 1. The summed E-state index contributed by atoms with van der Waals surface area (Å²) in [6.07, 6.45) is 1.49. The summed E-state index contributed by atoms with van der Waals surface area (Å²) in [6.45, 7) is 4.21. The van der Waals surface area contributed by atoms with Gasteiger partial charge in [-0.05, 0) is 6.92 Å². The molecule has 0 radical (unpaired) electrons. The summed E-state index contributed by atoms with van der Waals surface area (Å²) in [6, 6.07) is 1.33. The number of urea groups is 1. The molecule has 0 aliphatic heterocycles. The third-order valence-corrected chi connectivity index (χ3v) is 2.49. The minimum absolute atomic E-state index is 0.175. The lowest BCUT2D eigenvalue weighted by Gasteiger charge is -2.22. The molecule has 2 amide bonds. The Hall–Kier alpha value is -2.05. The molecule has 1 aromatic rings. The van der Waals surface area contributed by atoms with E-state index in [1.807, 2.05) is 0 Å². The molecule has 0 fully saturated rings. The van der Waals surface area contributed by atoms with Gasteiger partial charge in [-0.2, -0.15) is 0 Å². The van der Waals surface area contributed by atoms with Crippen LogP contribution in [0.3, 0.4) is 0 Å². The highest BCUT2D eigenvalue weighted by atomic mass is 16.5. The normalized spacial score (nSPS) is 11.9. The number of nitrogens with zero attached hydrogens (tertiary/aromatic N) is 2. The summed E-state index contributed by atoms with van der Waals surface area (Å²) in [7, 11) is 0. The van der Waals surface area contributed by atoms with Crippen molar-refractivity contribution in [3.63, 3.8) is 0 Å². The molecular weight excluding hydrogens is 238 g/mol. The van der Waals surface area contributed by atoms with Crippen molar-refractivity contribution in [3.05, 3.63) is 18.0 Å². The minimum atomic E-state index is -0.920. The molecule has 7 nitrogen and oxygen atoms in total. The number of hydrogen-bond donors (Lipinski definition) is 2. The third kappa shape index (κ3) is 4.08. The number of carbonyl (C=O) groups excluding carboxylic acids is 1. The quantitative estimate of drug-likeness (QED) is 0.788. The number of amides is 2. The van der Waals surface area contributed by atoms with Crippen LogP contribution in [0.2, 0.25) is 0 Å². The van der Waals surface area contributed by atoms with E-state index in [1.54, 1.807) is 19.9 Å². The molecule has 0 saturated heterocycles. The second kappa shape index (κ2) is 6.63. The van der Waals surface area contributed by atoms with Gasteiger partial charge in [0, 0.05) is 19.2 Å². The van der Waals surface area contributed by atoms with E-state index in [9.17, 15) is 9.59 Å². The molecule has 1 heterocycles. The summed E-state index contributed by atoms with van der Waals surface area (Å²) in [5.41, 5.74) is 0. The zero-order valence-electron chi connectivity index (χ0n) is 10.4. The van der Waals surface area contributed by atoms with E-state index in [0.29, 0.717) is 12.3 Å². The van der Waals surface area contributed by atoms with E-state index in [0.717, 1.165) is 0 Å². The fourth-order valence-electron chi connectivity index (χ4n) is 1.37. The monoisotopic (exact) mass is 255 g/mol. The molecule has 1 aromatic heterocycles. The maximum absolute atomic E-state index is 11.8. The molecule has 100 valence electrons. The van der Waals surface area contributed by atoms with Gasteiger partial charge in [0.05, 0.1) is 18.7 Å². The Morgan fingerprint density at radius 3 is 2.83 bits per heavy atom. The van der Waals surface area contributed by atoms with Crippen molar-refractivity contribution in [2.75, 3.05) is 13.1 Å². The van der Waals surface area contributed by atoms with Crippen LogP contribution in [0.4, 0.5) is 4.79 Å². The van der Waals surface area contributed by atoms with Gasteiger partial charge in [-0.1, -0.05) is 12.1 Å². The molecule has 0 aliphatic carbocycles. The van der Waals surface area contributed by atoms with Gasteiger partial charge >= 0.3 is 12.0 Å². The van der Waals surface area contributed by atoms with Crippen LogP contribution in [0, 0.1) is 5.92 Å². The van der Waals surface area contributed by atoms with Gasteiger partial charge in [0.2, 0.25) is 0 Å². The third-order valence-electron chi connectivity index (χ3n) is 2.49. The molecule has 0 spiro atoms. The summed E-state index contributed by atoms with van der Waals surface area (Å²) < 4.78 is 4.84. The van der Waals surface area contributed by atoms with E-state index in [2.05, 4.69) is 10.5 Å². The first-order chi connectivity index (χ1) is 8.54. The van der Waals surface area contributed by atoms with Crippen molar-refractivity contribution in [1.29, 1.82) is 0 Å². The molecule has 1 atom stereocenters. The first kappa shape index (κ1) is 14.0. The fraction of sp³-hybridized carbons (Fsp3) is 0.545. The predicted molar refractivity (Wildman–Crippen MR) is 62.8 cm³/mol. The van der Waals surface area contributed by atoms with Crippen LogP contribution in [0.25, 0.3) is 0 Å². The van der Waals surface area contributed by atoms with E-state index < -0.39 is 11.9 Å². The molecule has 0 aliphatic rings. The van der Waals surface area contributed by atoms with Crippen molar-refractivity contribution < 1.29 is 19.2 Å². The maximum Gasteiger partial charge on any atom is 0.317 e. The summed E-state index contributed by atoms with van der Waals surface area (Å²) >= 11 is 0. The second-order valence-corrected chi connectivity index (χ2v) is 3.92. The number of rotatable bonds is 6. The number of nitrogens with one attached hydrogen (secondary N) is 1. The number of hydrogen-bond acceptors (Lipinski definition) is 4. The Morgan fingerprint density at radius 1 is 1.61 bits per heavy atom. The van der Waals surface area contributed by atoms with Crippen LogP contribution in [-0.2, 0) is 11.3 Å². The molecule has 1 unspecified atom stereocenters. The minimum Gasteiger partial charge on any atom is -0.481 e. The van der Waals surface area contributed by atoms with Gasteiger partial charge in [0.15, 0.2) is 5.76 Å². The fourth-order valence-corrected chi connectivity index (χ4v) is 1.37. The van der Waals surface area contributed by atoms with Crippen molar-refractivity contribution in [1.82, 2.24) is 15.4 Å². The Morgan fingerprint density at radius 2 is 2.33 bits per heavy atom. The molecule has 1 rings (SSSR count). The van der Waals surface area contributed by atoms with Gasteiger partial charge in [0.1, 0.15) is 0 Å². The average Bonchev–Trinajstić information content (AvgIpc) is 2.85. The molecule has 18 heavy (non-hydrogen) atoms. The number of carboxylic acid groups (broad SMARTS) is 1. The topological polar surface area (TPSA) is 95.7 Å². The number of aliphatic carboxylic acids is 1. The Balaban J connectivity index is 2.44. The van der Waals surface area contributed by atoms with Crippen molar-refractivity contribution >= 4 is 12.0 Å². The Bertz CT molecular complexity index is 391. The lowest BCUT2D eigenvalue weighted by atomic mass is 10.2. The van der Waals surface area contributed by atoms with Crippen LogP contribution in [-0.4, -0.2) is 40.3 Å². The first-order valence-corrected chi connectivity index (χ1v) is 5.69. The Labute approximate surface area is 105 Å². The molecular formula is C11H17N3O4. The average molecular weight is 255 g/mol. The zero-order chi connectivity index (χ0) is 13.5. The van der Waals surface area contributed by atoms with E-state index in [-0.39, 0.29) is 19.1 Å². The highest BCUT2D eigenvalue weighted by molar-refractivity contribution is 5.75. The van der Waals surface area contributed by atoms with Gasteiger partial charge in [0.25, 0.3) is 0 Å². The standard InChI is InChI=1S/C11H17N3O4/c1-3-14(7-8(2)10(15)16)11(17)12-6-9-4-5-13-18-9/h4-5,8H,3,6-7H2,1-2H3,(H,12,17)(H,15,16). The van der Waals surface area contributed by atoms with Crippen LogP contribution >= 0.6 is 0 Å². The maximum atomic E-state index is 11.8. The van der Waals surface area contributed by atoms with Crippen LogP contribution in [0.1, 0.15) is 19.6 Å². The van der Waals surface area contributed by atoms with Crippen molar-refractivity contribution in [2.45, 2.75) is 20.4 Å². The van der Waals surface area contributed by atoms with Gasteiger partial charge in [-0.25, -0.2) is 4.79 Å². The van der Waals surface area contributed by atoms with E-state index in [4.69, 9.17) is 9.63 Å². The lowest BCUT2D eigenvalue weighted by molar-refractivity contribution is -0.141. The predicted octanol–water partition coefficient (Wildman–Crippen LogP) is 0.927. The van der Waals surface area contributed by atoms with Crippen molar-refractivity contribution in [3.8, 4) is 0 Å². The van der Waals surface area contributed by atoms with Crippen molar-refractivity contribution in [2.24, 2.45) is 5.92 Å². The molecule has 2 N–H and O–H groups in total. The molecule has 7 heteroatoms. The van der Waals surface area contributed by atoms with E-state index in [1.165, 1.54) is 11.1 Å². The SMILES string of the molecule is CCN(CC(C)C(=O)O)C(=O)NCc1ccno1. The van der Waals surface area contributed by atoms with Gasteiger partial charge in [-0.15, -0.1) is 0 Å². The number of aromatic nitrogens is 1. The summed E-state index contributed by atoms with van der Waals surface area (Å²) in [4.78, 5) is 24.0. The summed E-state index contributed by atoms with van der Waals surface area (Å²) in [5, 5.41) is 15.0. The highest BCUT2D eigenvalue weighted by Crippen LogP contribution is 2.02. The molecule has 0 bridgehead atoms. The van der Waals surface area contributed by atoms with Gasteiger partial charge in [-0.3, -0.25) is 4.79 Å². The highest BCUT2D eigenvalue weighted by Gasteiger charge is 2.19. The molecule has 0 aromatic carbocycles. The van der Waals surface area contributed by atoms with Crippen LogP contribution in [0.5, 0.6) is 0 Å². The molecule has 0 saturated carbocycles.